The van der Waals surface area contributed by atoms with Crippen molar-refractivity contribution in [2.75, 3.05) is 52.4 Å². The molecule has 2 unspecified atom stereocenters. The number of amides is 6. The average molecular weight is 967 g/mol. The molecule has 2 atom stereocenters. The first kappa shape index (κ1) is 55.4. The Bertz CT molecular complexity index is 1940. The fourth-order valence-corrected chi connectivity index (χ4v) is 6.74. The van der Waals surface area contributed by atoms with Gasteiger partial charge in [0.1, 0.15) is 38.5 Å². The molecule has 0 saturated heterocycles. The second kappa shape index (κ2) is 35.0. The number of alkyl carbamates (subject to hydrolysis) is 4. The van der Waals surface area contributed by atoms with Gasteiger partial charge in [-0.1, -0.05) is 121 Å². The van der Waals surface area contributed by atoms with Crippen molar-refractivity contribution < 1.29 is 47.7 Å². The summed E-state index contributed by atoms with van der Waals surface area (Å²) in [7, 11) is 0. The molecular weight excluding hydrogens is 897 g/mol. The summed E-state index contributed by atoms with van der Waals surface area (Å²) in [5.74, 6) is -0.679. The lowest BCUT2D eigenvalue weighted by Crippen LogP contribution is -2.47. The van der Waals surface area contributed by atoms with Gasteiger partial charge in [-0.3, -0.25) is 9.59 Å². The number of hydrogen-bond acceptors (Lipinski definition) is 12. The molecule has 8 N–H and O–H groups in total. The maximum absolute atomic E-state index is 13.1. The summed E-state index contributed by atoms with van der Waals surface area (Å²) in [5.41, 5.74) is 3.38. The van der Waals surface area contributed by atoms with E-state index in [0.29, 0.717) is 51.9 Å². The van der Waals surface area contributed by atoms with Crippen LogP contribution < -0.4 is 42.5 Å². The number of unbranched alkanes of at least 4 members (excludes halogenated alkanes) is 1. The third kappa shape index (κ3) is 25.8. The van der Waals surface area contributed by atoms with Gasteiger partial charge in [0, 0.05) is 26.2 Å². The van der Waals surface area contributed by atoms with Crippen LogP contribution in [0.15, 0.2) is 121 Å². The summed E-state index contributed by atoms with van der Waals surface area (Å²) >= 11 is 0. The molecule has 6 amide bonds. The fraction of sp³-hybridized carbons (Fsp3) is 0.423. The quantitative estimate of drug-likeness (QED) is 0.0204. The van der Waals surface area contributed by atoms with Crippen LogP contribution in [0.25, 0.3) is 0 Å². The summed E-state index contributed by atoms with van der Waals surface area (Å²) in [6.45, 7) is 4.72. The normalized spacial score (nSPS) is 11.5. The van der Waals surface area contributed by atoms with Crippen LogP contribution in [0.2, 0.25) is 0 Å². The molecule has 0 bridgehead atoms. The summed E-state index contributed by atoms with van der Waals surface area (Å²) in [6, 6.07) is 35.4. The molecule has 0 spiro atoms. The van der Waals surface area contributed by atoms with E-state index >= 15 is 0 Å². The van der Waals surface area contributed by atoms with Crippen LogP contribution in [0.4, 0.5) is 19.2 Å². The minimum atomic E-state index is -0.860. The van der Waals surface area contributed by atoms with Crippen molar-refractivity contribution in [3.05, 3.63) is 144 Å². The molecule has 0 radical (unpaired) electrons. The van der Waals surface area contributed by atoms with Gasteiger partial charge in [-0.2, -0.15) is 0 Å². The molecule has 378 valence electrons. The highest BCUT2D eigenvalue weighted by Crippen LogP contribution is 2.07. The van der Waals surface area contributed by atoms with Gasteiger partial charge in [0.2, 0.25) is 11.8 Å². The van der Waals surface area contributed by atoms with Crippen LogP contribution in [0, 0.1) is 0 Å². The Labute approximate surface area is 411 Å². The third-order valence-electron chi connectivity index (χ3n) is 10.6. The standard InChI is InChI=1S/C52H70N8O10/c61-47(45(59-51(65)69-39-43-23-9-3-10-24-43)27-15-33-57-49(63)67-37-41-19-5-1-6-20-41)55-35-17-31-53-29-13-14-30-54-32-18-36-56-48(62)46(60-52(66)70-40-44-25-11-4-12-26-44)28-16-34-58-50(64)68-38-42-21-7-2-8-22-42/h1-12,19-26,45-46,53-54H,13-18,27-40H2,(H,55,61)(H,56,62)(H,57,63)(H,58,64)(H,59,65)(H,60,66). The van der Waals surface area contributed by atoms with E-state index in [2.05, 4.69) is 42.5 Å². The molecule has 18 nitrogen and oxygen atoms in total. The van der Waals surface area contributed by atoms with Crippen molar-refractivity contribution in [2.45, 2.75) is 89.9 Å². The molecule has 18 heteroatoms. The van der Waals surface area contributed by atoms with Crippen molar-refractivity contribution in [2.24, 2.45) is 0 Å². The van der Waals surface area contributed by atoms with Gasteiger partial charge in [0.15, 0.2) is 0 Å². The van der Waals surface area contributed by atoms with E-state index in [-0.39, 0.29) is 64.2 Å². The maximum Gasteiger partial charge on any atom is 0.408 e. The molecule has 0 fully saturated rings. The van der Waals surface area contributed by atoms with Gasteiger partial charge >= 0.3 is 24.4 Å². The molecule has 0 aromatic heterocycles. The lowest BCUT2D eigenvalue weighted by molar-refractivity contribution is -0.124. The molecule has 0 aliphatic heterocycles. The molecule has 0 aliphatic carbocycles. The second-order valence-corrected chi connectivity index (χ2v) is 16.3. The van der Waals surface area contributed by atoms with Crippen LogP contribution in [-0.4, -0.2) is 101 Å². The Kier molecular flexibility index (Phi) is 27.7. The molecule has 70 heavy (non-hydrogen) atoms. The van der Waals surface area contributed by atoms with E-state index in [1.807, 2.05) is 121 Å². The smallest absolute Gasteiger partial charge is 0.408 e. The summed E-state index contributed by atoms with van der Waals surface area (Å²) < 4.78 is 21.2. The van der Waals surface area contributed by atoms with Crippen LogP contribution >= 0.6 is 0 Å². The Hall–Kier alpha value is -7.18. The predicted octanol–water partition coefficient (Wildman–Crippen LogP) is 5.96. The first-order valence-corrected chi connectivity index (χ1v) is 24.1. The van der Waals surface area contributed by atoms with Crippen LogP contribution in [0.5, 0.6) is 0 Å². The lowest BCUT2D eigenvalue weighted by atomic mass is 10.1. The van der Waals surface area contributed by atoms with E-state index < -0.39 is 36.5 Å². The van der Waals surface area contributed by atoms with Crippen LogP contribution in [0.1, 0.15) is 73.6 Å². The second-order valence-electron chi connectivity index (χ2n) is 16.3. The third-order valence-corrected chi connectivity index (χ3v) is 10.6. The highest BCUT2D eigenvalue weighted by molar-refractivity contribution is 5.86. The van der Waals surface area contributed by atoms with Crippen molar-refractivity contribution >= 4 is 36.2 Å². The lowest BCUT2D eigenvalue weighted by Gasteiger charge is -2.19. The molecular formula is C52H70N8O10. The average Bonchev–Trinajstić information content (AvgIpc) is 3.39. The molecule has 4 aromatic carbocycles. The zero-order valence-corrected chi connectivity index (χ0v) is 39.9. The van der Waals surface area contributed by atoms with Crippen molar-refractivity contribution in [1.82, 2.24) is 42.5 Å². The number of benzene rings is 4. The Morgan fingerprint density at radius 2 is 0.614 bits per heavy atom. The Balaban J connectivity index is 1.04. The van der Waals surface area contributed by atoms with Gasteiger partial charge in [-0.05, 0) is 99.8 Å². The topological polar surface area (TPSA) is 236 Å². The molecule has 0 aliphatic rings. The SMILES string of the molecule is O=C(NCCCC(NC(=O)OCc1ccccc1)C(=O)NCCCNCCCCNCCCNC(=O)C(CCCNC(=O)OCc1ccccc1)NC(=O)OCc1ccccc1)OCc1ccccc1. The van der Waals surface area contributed by atoms with Gasteiger partial charge in [0.25, 0.3) is 0 Å². The number of carbonyl (C=O) groups is 6. The van der Waals surface area contributed by atoms with E-state index in [0.717, 1.165) is 48.2 Å². The number of hydrogen-bond donors (Lipinski definition) is 8. The maximum atomic E-state index is 13.1. The summed E-state index contributed by atoms with van der Waals surface area (Å²) in [6.07, 6.45) is 2.06. The number of carbonyl (C=O) groups excluding carboxylic acids is 6. The predicted molar refractivity (Wildman–Crippen MR) is 265 cm³/mol. The minimum Gasteiger partial charge on any atom is -0.445 e. The van der Waals surface area contributed by atoms with Gasteiger partial charge in [-0.15, -0.1) is 0 Å². The largest absolute Gasteiger partial charge is 0.445 e. The molecule has 0 heterocycles. The van der Waals surface area contributed by atoms with E-state index in [1.54, 1.807) is 0 Å². The van der Waals surface area contributed by atoms with Gasteiger partial charge < -0.3 is 61.5 Å². The highest BCUT2D eigenvalue weighted by Gasteiger charge is 2.23. The molecule has 4 rings (SSSR count). The van der Waals surface area contributed by atoms with Gasteiger partial charge in [-0.25, -0.2) is 19.2 Å². The Morgan fingerprint density at radius 1 is 0.329 bits per heavy atom. The van der Waals surface area contributed by atoms with Crippen LogP contribution in [0.3, 0.4) is 0 Å². The number of nitrogens with one attached hydrogen (secondary N) is 8. The summed E-state index contributed by atoms with van der Waals surface area (Å²) in [4.78, 5) is 75.9. The number of ether oxygens (including phenoxy) is 4. The zero-order valence-electron chi connectivity index (χ0n) is 39.9. The van der Waals surface area contributed by atoms with Crippen molar-refractivity contribution in [3.8, 4) is 0 Å². The van der Waals surface area contributed by atoms with E-state index in [1.165, 1.54) is 0 Å². The first-order chi connectivity index (χ1) is 34.2. The van der Waals surface area contributed by atoms with Gasteiger partial charge in [0.05, 0.1) is 0 Å². The number of rotatable bonds is 33. The van der Waals surface area contributed by atoms with E-state index in [9.17, 15) is 28.8 Å². The zero-order chi connectivity index (χ0) is 49.7. The highest BCUT2D eigenvalue weighted by atomic mass is 16.6. The molecule has 4 aromatic rings. The monoisotopic (exact) mass is 967 g/mol. The fourth-order valence-electron chi connectivity index (χ4n) is 6.74. The van der Waals surface area contributed by atoms with E-state index in [4.69, 9.17) is 18.9 Å². The van der Waals surface area contributed by atoms with Crippen molar-refractivity contribution in [1.29, 1.82) is 0 Å². The Morgan fingerprint density at radius 3 is 0.943 bits per heavy atom. The first-order valence-electron chi connectivity index (χ1n) is 24.1. The molecule has 0 saturated carbocycles. The minimum absolute atomic E-state index is 0.0634. The van der Waals surface area contributed by atoms with Crippen molar-refractivity contribution in [3.63, 3.8) is 0 Å². The van der Waals surface area contributed by atoms with Crippen LogP contribution in [-0.2, 0) is 55.0 Å². The summed E-state index contributed by atoms with van der Waals surface area (Å²) in [5, 5.41) is 23.3.